The highest BCUT2D eigenvalue weighted by Gasteiger charge is 2.38. The Morgan fingerprint density at radius 2 is 1.06 bits per heavy atom. The Labute approximate surface area is 371 Å². The first kappa shape index (κ1) is 36.5. The molecule has 3 nitrogen and oxygen atoms in total. The summed E-state index contributed by atoms with van der Waals surface area (Å²) >= 11 is 0. The molecule has 1 aliphatic rings. The van der Waals surface area contributed by atoms with Crippen molar-refractivity contribution in [2.45, 2.75) is 19.3 Å². The SMILES string of the molecule is CC1(C)c2ccccc2-c2c(N(c3ccc(-c4cccc5c4c4ccccc4n5-c4ccccc4)cc3)c3ccc(-c4cccc5ccccc45)c4oc5ccccc5c34)cccc21. The van der Waals surface area contributed by atoms with Crippen LogP contribution >= 0.6 is 0 Å². The van der Waals surface area contributed by atoms with E-state index in [9.17, 15) is 0 Å². The zero-order valence-corrected chi connectivity index (χ0v) is 35.6. The van der Waals surface area contributed by atoms with Gasteiger partial charge in [-0.1, -0.05) is 172 Å². The first-order valence-electron chi connectivity index (χ1n) is 22.2. The maximum Gasteiger partial charge on any atom is 0.145 e. The van der Waals surface area contributed by atoms with E-state index in [2.05, 4.69) is 242 Å². The van der Waals surface area contributed by atoms with Crippen LogP contribution in [0, 0.1) is 0 Å². The van der Waals surface area contributed by atoms with Gasteiger partial charge in [-0.05, 0) is 105 Å². The largest absolute Gasteiger partial charge is 0.455 e. The molecule has 12 aromatic rings. The normalized spacial score (nSPS) is 13.0. The lowest BCUT2D eigenvalue weighted by Gasteiger charge is -2.30. The van der Waals surface area contributed by atoms with E-state index in [0.717, 1.165) is 55.8 Å². The van der Waals surface area contributed by atoms with Crippen molar-refractivity contribution >= 4 is 71.6 Å². The van der Waals surface area contributed by atoms with E-state index < -0.39 is 0 Å². The number of nitrogens with zero attached hydrogens (tertiary/aromatic N) is 2. The summed E-state index contributed by atoms with van der Waals surface area (Å²) in [7, 11) is 0. The van der Waals surface area contributed by atoms with Crippen molar-refractivity contribution in [3.63, 3.8) is 0 Å². The number of benzene rings is 10. The average molecular weight is 819 g/mol. The summed E-state index contributed by atoms with van der Waals surface area (Å²) in [6.07, 6.45) is 0. The summed E-state index contributed by atoms with van der Waals surface area (Å²) in [4.78, 5) is 2.49. The van der Waals surface area contributed by atoms with Crippen LogP contribution in [0.4, 0.5) is 17.1 Å². The Morgan fingerprint density at radius 1 is 0.422 bits per heavy atom. The molecule has 0 atom stereocenters. The second-order valence-electron chi connectivity index (χ2n) is 17.6. The topological polar surface area (TPSA) is 21.3 Å². The van der Waals surface area contributed by atoms with E-state index in [1.54, 1.807) is 0 Å². The van der Waals surface area contributed by atoms with E-state index in [0.29, 0.717) is 0 Å². The van der Waals surface area contributed by atoms with Crippen LogP contribution in [0.1, 0.15) is 25.0 Å². The molecule has 1 aliphatic carbocycles. The van der Waals surface area contributed by atoms with E-state index in [-0.39, 0.29) is 5.41 Å². The van der Waals surface area contributed by atoms with Gasteiger partial charge < -0.3 is 13.9 Å². The zero-order chi connectivity index (χ0) is 42.5. The van der Waals surface area contributed by atoms with Crippen LogP contribution in [0.5, 0.6) is 0 Å². The van der Waals surface area contributed by atoms with Crippen molar-refractivity contribution in [1.82, 2.24) is 4.57 Å². The fourth-order valence-corrected chi connectivity index (χ4v) is 10.9. The Bertz CT molecular complexity index is 3810. The summed E-state index contributed by atoms with van der Waals surface area (Å²) in [5, 5.41) is 7.08. The van der Waals surface area contributed by atoms with Crippen LogP contribution in [-0.4, -0.2) is 4.57 Å². The number of hydrogen-bond donors (Lipinski definition) is 0. The van der Waals surface area contributed by atoms with Gasteiger partial charge in [0.1, 0.15) is 11.2 Å². The third kappa shape index (κ3) is 5.28. The quantitative estimate of drug-likeness (QED) is 0.167. The molecule has 0 fully saturated rings. The minimum absolute atomic E-state index is 0.162. The highest BCUT2D eigenvalue weighted by atomic mass is 16.3. The second kappa shape index (κ2) is 13.9. The highest BCUT2D eigenvalue weighted by molar-refractivity contribution is 6.19. The zero-order valence-electron chi connectivity index (χ0n) is 35.6. The first-order valence-corrected chi connectivity index (χ1v) is 22.2. The molecular weight excluding hydrogens is 777 g/mol. The van der Waals surface area contributed by atoms with E-state index in [4.69, 9.17) is 4.42 Å². The Hall–Kier alpha value is -8.14. The van der Waals surface area contributed by atoms with Crippen LogP contribution in [0.3, 0.4) is 0 Å². The highest BCUT2D eigenvalue weighted by Crippen LogP contribution is 2.56. The number of para-hydroxylation sites is 3. The Kier molecular flexibility index (Phi) is 7.95. The van der Waals surface area contributed by atoms with Crippen LogP contribution < -0.4 is 4.90 Å². The lowest BCUT2D eigenvalue weighted by atomic mass is 9.82. The summed E-state index contributed by atoms with van der Waals surface area (Å²) in [5.41, 5.74) is 18.2. The van der Waals surface area contributed by atoms with Gasteiger partial charge in [0.2, 0.25) is 0 Å². The number of furan rings is 1. The molecule has 3 heteroatoms. The molecule has 0 amide bonds. The Morgan fingerprint density at radius 3 is 1.94 bits per heavy atom. The molecule has 0 aliphatic heterocycles. The van der Waals surface area contributed by atoms with Gasteiger partial charge in [-0.3, -0.25) is 0 Å². The van der Waals surface area contributed by atoms with Crippen molar-refractivity contribution in [3.8, 4) is 39.1 Å². The van der Waals surface area contributed by atoms with Gasteiger partial charge in [-0.15, -0.1) is 0 Å². The molecule has 13 rings (SSSR count). The van der Waals surface area contributed by atoms with Crippen LogP contribution in [0.15, 0.2) is 223 Å². The molecule has 0 radical (unpaired) electrons. The lowest BCUT2D eigenvalue weighted by Crippen LogP contribution is -2.16. The maximum atomic E-state index is 6.99. The van der Waals surface area contributed by atoms with Crippen LogP contribution in [0.25, 0.3) is 93.6 Å². The molecule has 0 saturated heterocycles. The Balaban J connectivity index is 1.06. The van der Waals surface area contributed by atoms with Crippen LogP contribution in [-0.2, 0) is 5.41 Å². The molecule has 0 unspecified atom stereocenters. The molecule has 0 spiro atoms. The van der Waals surface area contributed by atoms with Gasteiger partial charge in [-0.25, -0.2) is 0 Å². The second-order valence-corrected chi connectivity index (χ2v) is 17.6. The predicted molar refractivity (Wildman–Crippen MR) is 269 cm³/mol. The maximum absolute atomic E-state index is 6.99. The van der Waals surface area contributed by atoms with Gasteiger partial charge >= 0.3 is 0 Å². The lowest BCUT2D eigenvalue weighted by molar-refractivity contribution is 0.660. The number of fused-ring (bicyclic) bond motifs is 10. The smallest absolute Gasteiger partial charge is 0.145 e. The van der Waals surface area contributed by atoms with Crippen molar-refractivity contribution in [2.24, 2.45) is 0 Å². The monoisotopic (exact) mass is 818 g/mol. The third-order valence-corrected chi connectivity index (χ3v) is 13.8. The fourth-order valence-electron chi connectivity index (χ4n) is 10.9. The molecule has 0 bridgehead atoms. The number of anilines is 3. The van der Waals surface area contributed by atoms with E-state index >= 15 is 0 Å². The predicted octanol–water partition coefficient (Wildman–Crippen LogP) is 16.9. The summed E-state index contributed by atoms with van der Waals surface area (Å²) in [6, 6.07) is 79.5. The van der Waals surface area contributed by atoms with Crippen molar-refractivity contribution < 1.29 is 4.42 Å². The van der Waals surface area contributed by atoms with Crippen molar-refractivity contribution in [2.75, 3.05) is 4.90 Å². The van der Waals surface area contributed by atoms with E-state index in [1.807, 2.05) is 0 Å². The van der Waals surface area contributed by atoms with Crippen molar-refractivity contribution in [1.29, 1.82) is 0 Å². The average Bonchev–Trinajstić information content (AvgIpc) is 3.98. The van der Waals surface area contributed by atoms with Gasteiger partial charge in [0.25, 0.3) is 0 Å². The van der Waals surface area contributed by atoms with Gasteiger partial charge in [-0.2, -0.15) is 0 Å². The van der Waals surface area contributed by atoms with Gasteiger partial charge in [0.15, 0.2) is 0 Å². The fraction of sp³-hybridized carbons (Fsp3) is 0.0492. The van der Waals surface area contributed by atoms with E-state index in [1.165, 1.54) is 66.0 Å². The minimum atomic E-state index is -0.162. The molecule has 0 saturated carbocycles. The first-order chi connectivity index (χ1) is 31.5. The molecule has 10 aromatic carbocycles. The minimum Gasteiger partial charge on any atom is -0.455 e. The molecule has 2 heterocycles. The number of rotatable bonds is 6. The third-order valence-electron chi connectivity index (χ3n) is 13.8. The standard InChI is InChI=1S/C61H42N2O/c1-61(2)50-27-11-8-22-47(50)58-51(61)28-16-31-54(58)63(55-38-37-46(45-26-14-18-39-17-6-7-21-43(39)45)60-59(55)49-24-10-13-32-56(49)64-60)42-35-33-40(34-36-42)44-25-15-30-53-57(44)48-23-9-12-29-52(48)62(53)41-19-4-3-5-20-41/h3-38H,1-2H3. The molecule has 0 N–H and O–H groups in total. The van der Waals surface area contributed by atoms with Crippen LogP contribution in [0.2, 0.25) is 0 Å². The molecule has 2 aromatic heterocycles. The summed E-state index contributed by atoms with van der Waals surface area (Å²) in [5.74, 6) is 0. The number of aromatic nitrogens is 1. The summed E-state index contributed by atoms with van der Waals surface area (Å²) in [6.45, 7) is 4.72. The van der Waals surface area contributed by atoms with Crippen molar-refractivity contribution in [3.05, 3.63) is 230 Å². The van der Waals surface area contributed by atoms with Gasteiger partial charge in [0, 0.05) is 44.1 Å². The number of hydrogen-bond acceptors (Lipinski definition) is 2. The molecular formula is C61H42N2O. The molecule has 302 valence electrons. The summed E-state index contributed by atoms with van der Waals surface area (Å²) < 4.78 is 9.38. The van der Waals surface area contributed by atoms with Gasteiger partial charge in [0.05, 0.1) is 27.8 Å². The molecule has 64 heavy (non-hydrogen) atoms.